The maximum atomic E-state index is 12.3. The van der Waals surface area contributed by atoms with Crippen LogP contribution < -0.4 is 15.8 Å². The van der Waals surface area contributed by atoms with Crippen molar-refractivity contribution in [3.63, 3.8) is 0 Å². The molecule has 26 heavy (non-hydrogen) atoms. The lowest BCUT2D eigenvalue weighted by atomic mass is 10.4. The summed E-state index contributed by atoms with van der Waals surface area (Å²) in [5.74, 6) is -0.738. The number of fused-ring (bicyclic) bond motifs is 1. The number of thiophene rings is 1. The SMILES string of the molecule is CCN(CC)c1nc2sc(C(=O)NNC(=O)c3cc(Br)cn3C)cc2s1. The highest BCUT2D eigenvalue weighted by Gasteiger charge is 2.17. The highest BCUT2D eigenvalue weighted by Crippen LogP contribution is 2.34. The number of nitrogens with one attached hydrogen (secondary N) is 2. The molecule has 0 atom stereocenters. The average Bonchev–Trinajstić information content (AvgIpc) is 3.26. The Kier molecular flexibility index (Phi) is 5.64. The number of rotatable bonds is 5. The van der Waals surface area contributed by atoms with E-state index in [1.807, 2.05) is 6.07 Å². The molecule has 7 nitrogen and oxygen atoms in total. The van der Waals surface area contributed by atoms with Crippen LogP contribution in [0.4, 0.5) is 5.13 Å². The number of thiazole rings is 1. The molecular formula is C16H18BrN5O2S2. The number of hydrogen-bond acceptors (Lipinski definition) is 6. The molecule has 138 valence electrons. The molecule has 3 heterocycles. The second kappa shape index (κ2) is 7.77. The van der Waals surface area contributed by atoms with Crippen LogP contribution in [0.5, 0.6) is 0 Å². The van der Waals surface area contributed by atoms with Crippen LogP contribution in [0.25, 0.3) is 9.53 Å². The Morgan fingerprint density at radius 1 is 1.19 bits per heavy atom. The molecule has 0 saturated carbocycles. The highest BCUT2D eigenvalue weighted by molar-refractivity contribution is 9.10. The Balaban J connectivity index is 1.67. The van der Waals surface area contributed by atoms with Gasteiger partial charge in [0.25, 0.3) is 11.8 Å². The summed E-state index contributed by atoms with van der Waals surface area (Å²) in [6, 6.07) is 3.49. The van der Waals surface area contributed by atoms with Gasteiger partial charge in [-0.1, -0.05) is 11.3 Å². The summed E-state index contributed by atoms with van der Waals surface area (Å²) in [6.45, 7) is 5.97. The Morgan fingerprint density at radius 2 is 1.88 bits per heavy atom. The zero-order valence-electron chi connectivity index (χ0n) is 14.5. The number of carbonyl (C=O) groups excluding carboxylic acids is 2. The minimum absolute atomic E-state index is 0.355. The topological polar surface area (TPSA) is 79.3 Å². The molecule has 3 rings (SSSR count). The van der Waals surface area contributed by atoms with E-state index in [0.29, 0.717) is 10.6 Å². The van der Waals surface area contributed by atoms with E-state index < -0.39 is 0 Å². The van der Waals surface area contributed by atoms with E-state index >= 15 is 0 Å². The summed E-state index contributed by atoms with van der Waals surface area (Å²) in [5, 5.41) is 0.964. The summed E-state index contributed by atoms with van der Waals surface area (Å²) in [4.78, 5) is 32.6. The van der Waals surface area contributed by atoms with Gasteiger partial charge in [0.1, 0.15) is 10.5 Å². The molecule has 3 aromatic heterocycles. The summed E-state index contributed by atoms with van der Waals surface area (Å²) in [7, 11) is 1.76. The van der Waals surface area contributed by atoms with Crippen LogP contribution in [-0.2, 0) is 7.05 Å². The predicted octanol–water partition coefficient (Wildman–Crippen LogP) is 3.38. The standard InChI is InChI=1S/C16H18BrN5O2S2/c1-4-22(5-2)16-18-15-12(26-16)7-11(25-15)14(24)20-19-13(23)10-6-9(17)8-21(10)3/h6-8H,4-5H2,1-3H3,(H,19,23)(H,20,24). The smallest absolute Gasteiger partial charge is 0.286 e. The second-order valence-electron chi connectivity index (χ2n) is 5.51. The Hall–Kier alpha value is -1.91. The number of halogens is 1. The number of hydrazine groups is 1. The lowest BCUT2D eigenvalue weighted by Gasteiger charge is -2.16. The third kappa shape index (κ3) is 3.76. The Labute approximate surface area is 167 Å². The van der Waals surface area contributed by atoms with Gasteiger partial charge in [-0.3, -0.25) is 20.4 Å². The quantitative estimate of drug-likeness (QED) is 0.577. The molecule has 0 fully saturated rings. The van der Waals surface area contributed by atoms with Crippen LogP contribution in [-0.4, -0.2) is 34.5 Å². The number of anilines is 1. The maximum absolute atomic E-state index is 12.3. The molecule has 0 spiro atoms. The minimum Gasteiger partial charge on any atom is -0.349 e. The molecule has 10 heteroatoms. The first kappa shape index (κ1) is 18.9. The number of amides is 2. The fraction of sp³-hybridized carbons (Fsp3) is 0.312. The van der Waals surface area contributed by atoms with Crippen molar-refractivity contribution in [2.75, 3.05) is 18.0 Å². The third-order valence-corrected chi connectivity index (χ3v) is 6.48. The molecule has 0 aliphatic carbocycles. The molecule has 0 radical (unpaired) electrons. The lowest BCUT2D eigenvalue weighted by molar-refractivity contribution is 0.0844. The van der Waals surface area contributed by atoms with Gasteiger partial charge in [-0.25, -0.2) is 4.98 Å². The van der Waals surface area contributed by atoms with Crippen molar-refractivity contribution in [3.05, 3.63) is 33.4 Å². The van der Waals surface area contributed by atoms with Gasteiger partial charge in [0, 0.05) is 30.8 Å². The fourth-order valence-corrected chi connectivity index (χ4v) is 5.21. The van der Waals surface area contributed by atoms with Crippen LogP contribution >= 0.6 is 38.6 Å². The van der Waals surface area contributed by atoms with Gasteiger partial charge in [-0.2, -0.15) is 0 Å². The molecule has 0 aliphatic rings. The summed E-state index contributed by atoms with van der Waals surface area (Å²) >= 11 is 6.20. The van der Waals surface area contributed by atoms with Crippen molar-refractivity contribution in [1.82, 2.24) is 20.4 Å². The molecule has 2 N–H and O–H groups in total. The fourth-order valence-electron chi connectivity index (χ4n) is 2.45. The Morgan fingerprint density at radius 3 is 2.46 bits per heavy atom. The molecular weight excluding hydrogens is 438 g/mol. The van der Waals surface area contributed by atoms with Crippen molar-refractivity contribution in [2.24, 2.45) is 7.05 Å². The van der Waals surface area contributed by atoms with Gasteiger partial charge in [0.2, 0.25) is 0 Å². The van der Waals surface area contributed by atoms with Gasteiger partial charge >= 0.3 is 0 Å². The van der Waals surface area contributed by atoms with E-state index in [9.17, 15) is 9.59 Å². The van der Waals surface area contributed by atoms with Crippen molar-refractivity contribution in [2.45, 2.75) is 13.8 Å². The summed E-state index contributed by atoms with van der Waals surface area (Å²) < 4.78 is 3.44. The van der Waals surface area contributed by atoms with Crippen LogP contribution in [0.2, 0.25) is 0 Å². The van der Waals surface area contributed by atoms with Gasteiger partial charge in [-0.05, 0) is 41.9 Å². The lowest BCUT2D eigenvalue weighted by Crippen LogP contribution is -2.41. The van der Waals surface area contributed by atoms with E-state index in [2.05, 4.69) is 50.5 Å². The first-order valence-corrected chi connectivity index (χ1v) is 10.4. The second-order valence-corrected chi connectivity index (χ2v) is 8.47. The monoisotopic (exact) mass is 455 g/mol. The number of carbonyl (C=O) groups is 2. The number of aromatic nitrogens is 2. The third-order valence-electron chi connectivity index (χ3n) is 3.83. The molecule has 0 unspecified atom stereocenters. The number of aryl methyl sites for hydroxylation is 1. The van der Waals surface area contributed by atoms with Crippen LogP contribution in [0.3, 0.4) is 0 Å². The van der Waals surface area contributed by atoms with E-state index in [1.54, 1.807) is 35.2 Å². The van der Waals surface area contributed by atoms with Gasteiger partial charge in [-0.15, -0.1) is 11.3 Å². The van der Waals surface area contributed by atoms with Crippen molar-refractivity contribution >= 4 is 65.1 Å². The van der Waals surface area contributed by atoms with Gasteiger partial charge in [0.05, 0.1) is 9.58 Å². The normalized spacial score (nSPS) is 10.9. The van der Waals surface area contributed by atoms with Gasteiger partial charge in [0.15, 0.2) is 5.13 Å². The van der Waals surface area contributed by atoms with E-state index in [1.165, 1.54) is 11.3 Å². The first-order chi connectivity index (χ1) is 12.4. The van der Waals surface area contributed by atoms with Crippen LogP contribution in [0.1, 0.15) is 34.0 Å². The largest absolute Gasteiger partial charge is 0.349 e. The van der Waals surface area contributed by atoms with Crippen molar-refractivity contribution < 1.29 is 9.59 Å². The van der Waals surface area contributed by atoms with Crippen LogP contribution in [0.15, 0.2) is 22.8 Å². The van der Waals surface area contributed by atoms with E-state index in [0.717, 1.165) is 32.2 Å². The van der Waals surface area contributed by atoms with E-state index in [-0.39, 0.29) is 11.8 Å². The molecule has 2 amide bonds. The molecule has 0 bridgehead atoms. The van der Waals surface area contributed by atoms with E-state index in [4.69, 9.17) is 0 Å². The van der Waals surface area contributed by atoms with Crippen molar-refractivity contribution in [1.29, 1.82) is 0 Å². The number of hydrogen-bond donors (Lipinski definition) is 2. The average molecular weight is 456 g/mol. The molecule has 0 aromatic carbocycles. The zero-order chi connectivity index (χ0) is 18.8. The highest BCUT2D eigenvalue weighted by atomic mass is 79.9. The Bertz CT molecular complexity index is 926. The summed E-state index contributed by atoms with van der Waals surface area (Å²) in [6.07, 6.45) is 1.77. The molecule has 0 saturated heterocycles. The zero-order valence-corrected chi connectivity index (χ0v) is 17.7. The maximum Gasteiger partial charge on any atom is 0.286 e. The number of nitrogens with zero attached hydrogens (tertiary/aromatic N) is 3. The minimum atomic E-state index is -0.383. The van der Waals surface area contributed by atoms with Gasteiger partial charge < -0.3 is 9.47 Å². The first-order valence-electron chi connectivity index (χ1n) is 8.00. The predicted molar refractivity (Wildman–Crippen MR) is 109 cm³/mol. The summed E-state index contributed by atoms with van der Waals surface area (Å²) in [5.41, 5.74) is 5.33. The molecule has 3 aromatic rings. The van der Waals surface area contributed by atoms with Crippen LogP contribution in [0, 0.1) is 0 Å². The molecule has 0 aliphatic heterocycles. The van der Waals surface area contributed by atoms with Crippen molar-refractivity contribution in [3.8, 4) is 0 Å².